The second-order valence-electron chi connectivity index (χ2n) is 7.85. The standard InChI is InChI=1S/C22H17ClF6O2/c1-21(2)15(9-17(23)22(27,28)29)18(21)20(30)31-10-11-4-3-5-14(19(11)26)13-7-6-12(24)8-16(13)25/h3-9,15,18H,10H2,1-2H3/b17-9-/t15-,18-/m0/s1. The van der Waals surface area contributed by atoms with Crippen LogP contribution in [0, 0.1) is 34.7 Å². The zero-order valence-corrected chi connectivity index (χ0v) is 17.1. The highest BCUT2D eigenvalue weighted by Crippen LogP contribution is 2.60. The summed E-state index contributed by atoms with van der Waals surface area (Å²) in [6.45, 7) is 2.69. The van der Waals surface area contributed by atoms with Crippen LogP contribution >= 0.6 is 11.6 Å². The van der Waals surface area contributed by atoms with E-state index in [1.807, 2.05) is 0 Å². The average Bonchev–Trinajstić information content (AvgIpc) is 3.20. The maximum absolute atomic E-state index is 14.8. The zero-order chi connectivity index (χ0) is 23.1. The minimum Gasteiger partial charge on any atom is -0.460 e. The van der Waals surface area contributed by atoms with Gasteiger partial charge in [-0.3, -0.25) is 4.79 Å². The van der Waals surface area contributed by atoms with E-state index in [9.17, 15) is 31.1 Å². The molecule has 1 saturated carbocycles. The Morgan fingerprint density at radius 2 is 1.81 bits per heavy atom. The molecule has 0 radical (unpaired) electrons. The Morgan fingerprint density at radius 3 is 2.42 bits per heavy atom. The molecule has 1 aliphatic carbocycles. The molecule has 2 nitrogen and oxygen atoms in total. The molecule has 0 bridgehead atoms. The van der Waals surface area contributed by atoms with Crippen LogP contribution in [0.5, 0.6) is 0 Å². The van der Waals surface area contributed by atoms with Crippen LogP contribution in [0.1, 0.15) is 19.4 Å². The van der Waals surface area contributed by atoms with E-state index in [0.717, 1.165) is 18.2 Å². The fourth-order valence-corrected chi connectivity index (χ4v) is 3.67. The van der Waals surface area contributed by atoms with Crippen LogP contribution in [0.4, 0.5) is 26.3 Å². The van der Waals surface area contributed by atoms with E-state index in [4.69, 9.17) is 16.3 Å². The molecule has 0 heterocycles. The smallest absolute Gasteiger partial charge is 0.426 e. The quantitative estimate of drug-likeness (QED) is 0.362. The Kier molecular flexibility index (Phi) is 6.15. The highest BCUT2D eigenvalue weighted by molar-refractivity contribution is 6.30. The van der Waals surface area contributed by atoms with E-state index in [2.05, 4.69) is 0 Å². The molecule has 0 N–H and O–H groups in total. The lowest BCUT2D eigenvalue weighted by Gasteiger charge is -2.11. The number of carbonyl (C=O) groups is 1. The first-order valence-electron chi connectivity index (χ1n) is 9.18. The van der Waals surface area contributed by atoms with Crippen molar-refractivity contribution in [2.75, 3.05) is 0 Å². The van der Waals surface area contributed by atoms with Gasteiger partial charge in [-0.2, -0.15) is 13.2 Å². The first-order chi connectivity index (χ1) is 14.3. The Bertz CT molecular complexity index is 1040. The lowest BCUT2D eigenvalue weighted by atomic mass is 10.0. The van der Waals surface area contributed by atoms with Crippen molar-refractivity contribution in [3.8, 4) is 11.1 Å². The van der Waals surface area contributed by atoms with Gasteiger partial charge in [0.2, 0.25) is 0 Å². The molecule has 0 spiro atoms. The lowest BCUT2D eigenvalue weighted by molar-refractivity contribution is -0.147. The minimum absolute atomic E-state index is 0.0616. The monoisotopic (exact) mass is 462 g/mol. The van der Waals surface area contributed by atoms with Crippen molar-refractivity contribution in [3.63, 3.8) is 0 Å². The van der Waals surface area contributed by atoms with Gasteiger partial charge in [0.05, 0.1) is 5.92 Å². The van der Waals surface area contributed by atoms with Gasteiger partial charge in [0.1, 0.15) is 29.1 Å². The predicted molar refractivity (Wildman–Crippen MR) is 102 cm³/mol. The number of ether oxygens (including phenoxy) is 1. The fourth-order valence-electron chi connectivity index (χ4n) is 3.54. The Balaban J connectivity index is 1.74. The maximum atomic E-state index is 14.8. The topological polar surface area (TPSA) is 26.3 Å². The van der Waals surface area contributed by atoms with E-state index in [1.165, 1.54) is 18.2 Å². The molecule has 2 atom stereocenters. The zero-order valence-electron chi connectivity index (χ0n) is 16.4. The number of rotatable bonds is 5. The Hall–Kier alpha value is -2.48. The van der Waals surface area contributed by atoms with Crippen LogP contribution in [-0.4, -0.2) is 12.1 Å². The molecule has 2 aromatic rings. The molecule has 0 aliphatic heterocycles. The third kappa shape index (κ3) is 4.74. The molecule has 1 aliphatic rings. The van der Waals surface area contributed by atoms with Crippen molar-refractivity contribution < 1.29 is 35.9 Å². The molecule has 2 aromatic carbocycles. The number of carbonyl (C=O) groups excluding carboxylic acids is 1. The molecule has 0 saturated heterocycles. The third-order valence-electron chi connectivity index (χ3n) is 5.43. The molecule has 0 aromatic heterocycles. The van der Waals surface area contributed by atoms with Gasteiger partial charge >= 0.3 is 12.1 Å². The van der Waals surface area contributed by atoms with Crippen molar-refractivity contribution in [1.82, 2.24) is 0 Å². The van der Waals surface area contributed by atoms with Gasteiger partial charge in [0.15, 0.2) is 0 Å². The summed E-state index contributed by atoms with van der Waals surface area (Å²) >= 11 is 5.26. The molecule has 0 unspecified atom stereocenters. The van der Waals surface area contributed by atoms with Crippen LogP contribution in [0.2, 0.25) is 0 Å². The van der Waals surface area contributed by atoms with Crippen LogP contribution in [-0.2, 0) is 16.1 Å². The molecule has 0 amide bonds. The Labute approximate surface area is 179 Å². The molecule has 3 rings (SSSR count). The van der Waals surface area contributed by atoms with Crippen molar-refractivity contribution in [2.45, 2.75) is 26.6 Å². The third-order valence-corrected chi connectivity index (χ3v) is 5.77. The summed E-state index contributed by atoms with van der Waals surface area (Å²) < 4.78 is 85.0. The number of hydrogen-bond donors (Lipinski definition) is 0. The molecule has 31 heavy (non-hydrogen) atoms. The predicted octanol–water partition coefficient (Wildman–Crippen LogP) is 6.77. The summed E-state index contributed by atoms with van der Waals surface area (Å²) in [4.78, 5) is 12.4. The van der Waals surface area contributed by atoms with E-state index < -0.39 is 58.5 Å². The van der Waals surface area contributed by atoms with Gasteiger partial charge in [-0.15, -0.1) is 0 Å². The summed E-state index contributed by atoms with van der Waals surface area (Å²) in [5.74, 6) is -5.07. The first-order valence-corrected chi connectivity index (χ1v) is 9.55. The fraction of sp³-hybridized carbons (Fsp3) is 0.318. The van der Waals surface area contributed by atoms with Gasteiger partial charge in [0.25, 0.3) is 0 Å². The SMILES string of the molecule is CC1(C)[C@H](C(=O)OCc2cccc(-c3ccc(F)cc3F)c2F)[C@@H]1/C=C(\Cl)C(F)(F)F. The minimum atomic E-state index is -4.71. The first kappa shape index (κ1) is 23.2. The van der Waals surface area contributed by atoms with Crippen molar-refractivity contribution >= 4 is 17.6 Å². The van der Waals surface area contributed by atoms with Crippen LogP contribution in [0.15, 0.2) is 47.5 Å². The maximum Gasteiger partial charge on any atom is 0.426 e. The van der Waals surface area contributed by atoms with Gasteiger partial charge < -0.3 is 4.74 Å². The summed E-state index contributed by atoms with van der Waals surface area (Å²) in [6.07, 6.45) is -3.93. The molecule has 9 heteroatoms. The number of esters is 1. The summed E-state index contributed by atoms with van der Waals surface area (Å²) in [5, 5.41) is -1.32. The summed E-state index contributed by atoms with van der Waals surface area (Å²) in [7, 11) is 0. The largest absolute Gasteiger partial charge is 0.460 e. The van der Waals surface area contributed by atoms with Gasteiger partial charge in [0, 0.05) is 22.8 Å². The van der Waals surface area contributed by atoms with Gasteiger partial charge in [-0.25, -0.2) is 13.2 Å². The van der Waals surface area contributed by atoms with E-state index in [1.54, 1.807) is 13.8 Å². The number of allylic oxidation sites excluding steroid dienone is 2. The lowest BCUT2D eigenvalue weighted by Crippen LogP contribution is -2.12. The number of alkyl halides is 3. The van der Waals surface area contributed by atoms with Crippen LogP contribution in [0.25, 0.3) is 11.1 Å². The normalized spacial score (nSPS) is 20.5. The number of hydrogen-bond acceptors (Lipinski definition) is 2. The second-order valence-corrected chi connectivity index (χ2v) is 8.25. The number of benzene rings is 2. The van der Waals surface area contributed by atoms with Crippen LogP contribution in [0.3, 0.4) is 0 Å². The van der Waals surface area contributed by atoms with Crippen molar-refractivity contribution in [1.29, 1.82) is 0 Å². The van der Waals surface area contributed by atoms with Gasteiger partial charge in [-0.05, 0) is 23.5 Å². The average molecular weight is 463 g/mol. The molecular weight excluding hydrogens is 446 g/mol. The van der Waals surface area contributed by atoms with Crippen molar-refractivity contribution in [3.05, 3.63) is 70.5 Å². The highest BCUT2D eigenvalue weighted by Gasteiger charge is 2.62. The summed E-state index contributed by atoms with van der Waals surface area (Å²) in [5.41, 5.74) is -1.17. The molecular formula is C22H17ClF6O2. The molecule has 166 valence electrons. The van der Waals surface area contributed by atoms with E-state index >= 15 is 0 Å². The van der Waals surface area contributed by atoms with Crippen LogP contribution < -0.4 is 0 Å². The second kappa shape index (κ2) is 8.22. The van der Waals surface area contributed by atoms with Gasteiger partial charge in [-0.1, -0.05) is 49.7 Å². The Morgan fingerprint density at radius 1 is 1.13 bits per heavy atom. The van der Waals surface area contributed by atoms with Crippen molar-refractivity contribution in [2.24, 2.45) is 17.3 Å². The molecule has 1 fully saturated rings. The highest BCUT2D eigenvalue weighted by atomic mass is 35.5. The van der Waals surface area contributed by atoms with E-state index in [0.29, 0.717) is 6.07 Å². The van der Waals surface area contributed by atoms with E-state index in [-0.39, 0.29) is 16.7 Å². The number of halogens is 7. The summed E-state index contributed by atoms with van der Waals surface area (Å²) in [6, 6.07) is 6.73.